The number of carbonyl (C=O) groups is 2. The summed E-state index contributed by atoms with van der Waals surface area (Å²) in [7, 11) is 3.10. The van der Waals surface area contributed by atoms with Gasteiger partial charge in [-0.05, 0) is 13.8 Å². The molecule has 1 aromatic heterocycles. The number of nitrogens with one attached hydrogen (secondary N) is 2. The minimum Gasteiger partial charge on any atom is -0.359 e. The molecule has 0 spiro atoms. The van der Waals surface area contributed by atoms with E-state index in [9.17, 15) is 14.4 Å². The number of nitrogens with zero attached hydrogens (tertiary/aromatic N) is 2. The van der Waals surface area contributed by atoms with Crippen molar-refractivity contribution in [3.8, 4) is 11.4 Å². The molecule has 2 amide bonds. The van der Waals surface area contributed by atoms with E-state index >= 15 is 0 Å². The maximum atomic E-state index is 12.5. The number of aromatic nitrogens is 2. The van der Waals surface area contributed by atoms with Crippen molar-refractivity contribution in [3.05, 3.63) is 51.9 Å². The normalized spacial score (nSPS) is 11.7. The van der Waals surface area contributed by atoms with Crippen LogP contribution in [0.4, 0.5) is 0 Å². The van der Waals surface area contributed by atoms with E-state index in [1.165, 1.54) is 18.1 Å². The average Bonchev–Trinajstić information content (AvgIpc) is 2.60. The van der Waals surface area contributed by atoms with Gasteiger partial charge in [0, 0.05) is 38.3 Å². The Morgan fingerprint density at radius 3 is 2.48 bits per heavy atom. The zero-order valence-electron chi connectivity index (χ0n) is 14.8. The highest BCUT2D eigenvalue weighted by molar-refractivity contribution is 5.94. The van der Waals surface area contributed by atoms with E-state index < -0.39 is 11.5 Å². The Morgan fingerprint density at radius 2 is 1.92 bits per heavy atom. The molecule has 0 saturated heterocycles. The van der Waals surface area contributed by atoms with Crippen LogP contribution in [-0.2, 0) is 4.79 Å². The maximum Gasteiger partial charge on any atom is 0.264 e. The lowest BCUT2D eigenvalue weighted by Crippen LogP contribution is -2.40. The number of hydrogen-bond acceptors (Lipinski definition) is 4. The van der Waals surface area contributed by atoms with Gasteiger partial charge in [0.15, 0.2) is 0 Å². The molecule has 0 aliphatic carbocycles. The van der Waals surface area contributed by atoms with E-state index in [1.54, 1.807) is 14.0 Å². The quantitative estimate of drug-likeness (QED) is 0.857. The molecule has 0 bridgehead atoms. The Morgan fingerprint density at radius 1 is 1.28 bits per heavy atom. The number of rotatable bonds is 5. The third-order valence-electron chi connectivity index (χ3n) is 4.10. The highest BCUT2D eigenvalue weighted by Gasteiger charge is 2.22. The van der Waals surface area contributed by atoms with Crippen LogP contribution in [0, 0.1) is 6.92 Å². The molecule has 0 unspecified atom stereocenters. The zero-order valence-corrected chi connectivity index (χ0v) is 14.8. The first-order chi connectivity index (χ1) is 11.8. The largest absolute Gasteiger partial charge is 0.359 e. The first-order valence-electron chi connectivity index (χ1n) is 7.97. The highest BCUT2D eigenvalue weighted by Crippen LogP contribution is 2.14. The number of H-pyrrole nitrogens is 1. The second kappa shape index (κ2) is 7.74. The Bertz CT molecular complexity index is 827. The fourth-order valence-corrected chi connectivity index (χ4v) is 2.30. The van der Waals surface area contributed by atoms with E-state index in [2.05, 4.69) is 15.3 Å². The van der Waals surface area contributed by atoms with Crippen LogP contribution in [0.2, 0.25) is 0 Å². The van der Waals surface area contributed by atoms with E-state index in [0.717, 1.165) is 11.1 Å². The molecular formula is C18H22N4O3. The summed E-state index contributed by atoms with van der Waals surface area (Å²) in [5.74, 6) is -0.239. The highest BCUT2D eigenvalue weighted by atomic mass is 16.2. The summed E-state index contributed by atoms with van der Waals surface area (Å²) in [6, 6.07) is 7.20. The molecule has 0 fully saturated rings. The standard InChI is InChI=1S/C18H22N4O3/c1-11-5-7-13(8-6-11)16-20-10-14(17(24)21-16)18(25)22(4)12(2)9-15(23)19-3/h5-8,10,12H,9H2,1-4H3,(H,19,23)(H,20,21,24)/t12-/m1/s1. The monoisotopic (exact) mass is 342 g/mol. The van der Waals surface area contributed by atoms with Crippen molar-refractivity contribution in [2.24, 2.45) is 0 Å². The predicted molar refractivity (Wildman–Crippen MR) is 95.3 cm³/mol. The summed E-state index contributed by atoms with van der Waals surface area (Å²) < 4.78 is 0. The average molecular weight is 342 g/mol. The van der Waals surface area contributed by atoms with Crippen LogP contribution in [0.5, 0.6) is 0 Å². The first kappa shape index (κ1) is 18.4. The Labute approximate surface area is 146 Å². The molecular weight excluding hydrogens is 320 g/mol. The molecule has 1 heterocycles. The summed E-state index contributed by atoms with van der Waals surface area (Å²) in [6.45, 7) is 3.72. The molecule has 1 atom stereocenters. The summed E-state index contributed by atoms with van der Waals surface area (Å²) in [4.78, 5) is 44.5. The van der Waals surface area contributed by atoms with Gasteiger partial charge in [-0.3, -0.25) is 14.4 Å². The van der Waals surface area contributed by atoms with Gasteiger partial charge in [0.1, 0.15) is 11.4 Å². The van der Waals surface area contributed by atoms with E-state index in [4.69, 9.17) is 0 Å². The Balaban J connectivity index is 2.22. The van der Waals surface area contributed by atoms with Crippen molar-refractivity contribution in [3.63, 3.8) is 0 Å². The zero-order chi connectivity index (χ0) is 18.6. The minimum atomic E-state index is -0.505. The number of aryl methyl sites for hydroxylation is 1. The van der Waals surface area contributed by atoms with Crippen molar-refractivity contribution in [1.29, 1.82) is 0 Å². The Hall–Kier alpha value is -2.96. The minimum absolute atomic E-state index is 0.0536. The SMILES string of the molecule is CNC(=O)C[C@@H](C)N(C)C(=O)c1cnc(-c2ccc(C)cc2)[nH]c1=O. The number of carbonyl (C=O) groups excluding carboxylic acids is 2. The summed E-state index contributed by atoms with van der Waals surface area (Å²) in [5, 5.41) is 2.51. The van der Waals surface area contributed by atoms with Gasteiger partial charge < -0.3 is 15.2 Å². The molecule has 0 aliphatic rings. The lowest BCUT2D eigenvalue weighted by atomic mass is 10.1. The van der Waals surface area contributed by atoms with Gasteiger partial charge in [-0.15, -0.1) is 0 Å². The molecule has 7 heteroatoms. The van der Waals surface area contributed by atoms with Crippen LogP contribution in [0.3, 0.4) is 0 Å². The van der Waals surface area contributed by atoms with E-state index in [1.807, 2.05) is 31.2 Å². The van der Waals surface area contributed by atoms with E-state index in [0.29, 0.717) is 5.82 Å². The number of benzene rings is 1. The summed E-state index contributed by atoms with van der Waals surface area (Å²) in [6.07, 6.45) is 1.44. The first-order valence-corrected chi connectivity index (χ1v) is 7.97. The summed E-state index contributed by atoms with van der Waals surface area (Å²) >= 11 is 0. The van der Waals surface area contributed by atoms with Crippen LogP contribution >= 0.6 is 0 Å². The van der Waals surface area contributed by atoms with Gasteiger partial charge in [0.25, 0.3) is 11.5 Å². The van der Waals surface area contributed by atoms with Crippen molar-refractivity contribution < 1.29 is 9.59 Å². The van der Waals surface area contributed by atoms with Gasteiger partial charge in [-0.25, -0.2) is 4.98 Å². The molecule has 0 aliphatic heterocycles. The molecule has 1 aromatic carbocycles. The second-order valence-corrected chi connectivity index (χ2v) is 5.98. The topological polar surface area (TPSA) is 95.2 Å². The van der Waals surface area contributed by atoms with Crippen molar-refractivity contribution in [2.75, 3.05) is 14.1 Å². The van der Waals surface area contributed by atoms with E-state index in [-0.39, 0.29) is 23.9 Å². The van der Waals surface area contributed by atoms with Crippen LogP contribution in [0.25, 0.3) is 11.4 Å². The number of aromatic amines is 1. The molecule has 2 aromatic rings. The van der Waals surface area contributed by atoms with Gasteiger partial charge in [-0.2, -0.15) is 0 Å². The van der Waals surface area contributed by atoms with Crippen LogP contribution in [-0.4, -0.2) is 46.8 Å². The van der Waals surface area contributed by atoms with Crippen LogP contribution < -0.4 is 10.9 Å². The number of amides is 2. The molecule has 7 nitrogen and oxygen atoms in total. The lowest BCUT2D eigenvalue weighted by molar-refractivity contribution is -0.121. The molecule has 2 rings (SSSR count). The van der Waals surface area contributed by atoms with Crippen molar-refractivity contribution in [1.82, 2.24) is 20.2 Å². The fraction of sp³-hybridized carbons (Fsp3) is 0.333. The van der Waals surface area contributed by atoms with Crippen molar-refractivity contribution in [2.45, 2.75) is 26.3 Å². The lowest BCUT2D eigenvalue weighted by Gasteiger charge is -2.24. The van der Waals surface area contributed by atoms with Crippen LogP contribution in [0.1, 0.15) is 29.3 Å². The van der Waals surface area contributed by atoms with Crippen LogP contribution in [0.15, 0.2) is 35.3 Å². The van der Waals surface area contributed by atoms with Gasteiger partial charge in [0.2, 0.25) is 5.91 Å². The fourth-order valence-electron chi connectivity index (χ4n) is 2.30. The summed E-state index contributed by atoms with van der Waals surface area (Å²) in [5.41, 5.74) is 1.31. The number of hydrogen-bond donors (Lipinski definition) is 2. The third-order valence-corrected chi connectivity index (χ3v) is 4.10. The Kier molecular flexibility index (Phi) is 5.69. The molecule has 25 heavy (non-hydrogen) atoms. The van der Waals surface area contributed by atoms with Gasteiger partial charge >= 0.3 is 0 Å². The molecule has 0 radical (unpaired) electrons. The maximum absolute atomic E-state index is 12.5. The third kappa shape index (κ3) is 4.32. The molecule has 0 saturated carbocycles. The van der Waals surface area contributed by atoms with Gasteiger partial charge in [0.05, 0.1) is 0 Å². The smallest absolute Gasteiger partial charge is 0.264 e. The molecule has 2 N–H and O–H groups in total. The molecule has 132 valence electrons. The van der Waals surface area contributed by atoms with Gasteiger partial charge in [-0.1, -0.05) is 29.8 Å². The van der Waals surface area contributed by atoms with Crippen molar-refractivity contribution >= 4 is 11.8 Å². The predicted octanol–water partition coefficient (Wildman–Crippen LogP) is 1.34. The second-order valence-electron chi connectivity index (χ2n) is 5.98.